The van der Waals surface area contributed by atoms with Crippen LogP contribution in [0.4, 0.5) is 10.2 Å². The van der Waals surface area contributed by atoms with Gasteiger partial charge in [-0.1, -0.05) is 6.07 Å². The van der Waals surface area contributed by atoms with E-state index in [2.05, 4.69) is 20.7 Å². The molecule has 3 heterocycles. The van der Waals surface area contributed by atoms with Gasteiger partial charge in [0.2, 0.25) is 10.0 Å². The molecule has 1 N–H and O–H groups in total. The SMILES string of the molecule is Cc1ccc(N2CCC[C@@H](Oc3cc(F)c(C4OC4NS(C)(=O)=O)cc3C3CC3)C2)nc1. The molecule has 172 valence electrons. The predicted molar refractivity (Wildman–Crippen MR) is 119 cm³/mol. The molecule has 7 nitrogen and oxygen atoms in total. The minimum absolute atomic E-state index is 0.0496. The number of hydrogen-bond donors (Lipinski definition) is 1. The average molecular weight is 462 g/mol. The van der Waals surface area contributed by atoms with Crippen LogP contribution in [0.3, 0.4) is 0 Å². The van der Waals surface area contributed by atoms with E-state index in [9.17, 15) is 12.8 Å². The van der Waals surface area contributed by atoms with E-state index in [0.717, 1.165) is 55.4 Å². The molecule has 1 aromatic heterocycles. The highest BCUT2D eigenvalue weighted by Gasteiger charge is 2.45. The highest BCUT2D eigenvalue weighted by Crippen LogP contribution is 2.48. The second-order valence-electron chi connectivity index (χ2n) is 9.07. The molecule has 32 heavy (non-hydrogen) atoms. The third-order valence-electron chi connectivity index (χ3n) is 6.17. The fourth-order valence-corrected chi connectivity index (χ4v) is 4.94. The molecule has 3 fully saturated rings. The Hall–Kier alpha value is -2.23. The molecule has 0 spiro atoms. The van der Waals surface area contributed by atoms with Gasteiger partial charge in [0.25, 0.3) is 0 Å². The highest BCUT2D eigenvalue weighted by molar-refractivity contribution is 7.88. The lowest BCUT2D eigenvalue weighted by atomic mass is 10.0. The largest absolute Gasteiger partial charge is 0.488 e. The summed E-state index contributed by atoms with van der Waals surface area (Å²) in [4.78, 5) is 6.75. The molecule has 5 rings (SSSR count). The highest BCUT2D eigenvalue weighted by atomic mass is 32.2. The normalized spacial score (nSPS) is 25.6. The van der Waals surface area contributed by atoms with E-state index in [1.54, 1.807) is 6.07 Å². The fourth-order valence-electron chi connectivity index (χ4n) is 4.34. The number of nitrogens with one attached hydrogen (secondary N) is 1. The minimum atomic E-state index is -3.42. The van der Waals surface area contributed by atoms with Gasteiger partial charge < -0.3 is 14.4 Å². The summed E-state index contributed by atoms with van der Waals surface area (Å²) in [7, 11) is -3.42. The molecule has 3 aliphatic rings. The van der Waals surface area contributed by atoms with Crippen molar-refractivity contribution < 1.29 is 22.3 Å². The van der Waals surface area contributed by atoms with Crippen LogP contribution < -0.4 is 14.4 Å². The summed E-state index contributed by atoms with van der Waals surface area (Å²) in [5, 5.41) is 0. The van der Waals surface area contributed by atoms with Gasteiger partial charge in [-0.05, 0) is 61.8 Å². The first-order valence-corrected chi connectivity index (χ1v) is 13.0. The van der Waals surface area contributed by atoms with Crippen LogP contribution in [0.25, 0.3) is 0 Å². The van der Waals surface area contributed by atoms with E-state index in [-0.39, 0.29) is 6.10 Å². The van der Waals surface area contributed by atoms with Crippen molar-refractivity contribution in [1.82, 2.24) is 9.71 Å². The molecule has 3 atom stereocenters. The van der Waals surface area contributed by atoms with Gasteiger partial charge in [0.1, 0.15) is 29.6 Å². The first kappa shape index (κ1) is 21.6. The van der Waals surface area contributed by atoms with Crippen molar-refractivity contribution in [3.05, 3.63) is 53.0 Å². The Labute approximate surface area is 188 Å². The number of pyridine rings is 1. The van der Waals surface area contributed by atoms with Crippen molar-refractivity contribution in [2.24, 2.45) is 0 Å². The number of aryl methyl sites for hydroxylation is 1. The van der Waals surface area contributed by atoms with Gasteiger partial charge >= 0.3 is 0 Å². The summed E-state index contributed by atoms with van der Waals surface area (Å²) in [6.45, 7) is 3.64. The lowest BCUT2D eigenvalue weighted by Gasteiger charge is -2.34. The van der Waals surface area contributed by atoms with E-state index < -0.39 is 28.2 Å². The average Bonchev–Trinajstić information content (AvgIpc) is 3.65. The number of anilines is 1. The van der Waals surface area contributed by atoms with Crippen LogP contribution in [0, 0.1) is 12.7 Å². The number of nitrogens with zero attached hydrogens (tertiary/aromatic N) is 2. The van der Waals surface area contributed by atoms with Gasteiger partial charge in [-0.15, -0.1) is 0 Å². The number of aromatic nitrogens is 1. The van der Waals surface area contributed by atoms with Gasteiger partial charge in [-0.3, -0.25) is 0 Å². The van der Waals surface area contributed by atoms with Crippen molar-refractivity contribution in [2.75, 3.05) is 24.2 Å². The molecule has 1 saturated carbocycles. The Morgan fingerprint density at radius 2 is 2.03 bits per heavy atom. The van der Waals surface area contributed by atoms with Crippen molar-refractivity contribution in [2.45, 2.75) is 57.0 Å². The van der Waals surface area contributed by atoms with Gasteiger partial charge in [0.15, 0.2) is 6.23 Å². The number of ether oxygens (including phenoxy) is 2. The third-order valence-corrected chi connectivity index (χ3v) is 6.83. The molecule has 0 bridgehead atoms. The van der Waals surface area contributed by atoms with Crippen LogP contribution in [0.15, 0.2) is 30.5 Å². The number of rotatable bonds is 7. The third kappa shape index (κ3) is 4.89. The zero-order valence-electron chi connectivity index (χ0n) is 18.3. The standard InChI is InChI=1S/C23H28FN3O4S/c1-14-5-8-21(25-12-14)27-9-3-4-16(13-27)30-20-11-19(24)18(10-17(20)15-6-7-15)22-23(31-22)26-32(2,28)29/h5,8,10-12,15-16,22-23,26H,3-4,6-7,9,13H2,1-2H3/t16-,22?,23?/m1/s1. The second kappa shape index (κ2) is 8.28. The van der Waals surface area contributed by atoms with Crippen molar-refractivity contribution in [3.63, 3.8) is 0 Å². The molecule has 1 aliphatic carbocycles. The molecular weight excluding hydrogens is 433 g/mol. The first-order chi connectivity index (χ1) is 15.3. The van der Waals surface area contributed by atoms with E-state index in [1.165, 1.54) is 6.07 Å². The van der Waals surface area contributed by atoms with Crippen LogP contribution in [0.2, 0.25) is 0 Å². The second-order valence-corrected chi connectivity index (χ2v) is 10.9. The Balaban J connectivity index is 1.32. The van der Waals surface area contributed by atoms with Gasteiger partial charge in [0, 0.05) is 24.4 Å². The molecule has 2 aliphatic heterocycles. The lowest BCUT2D eigenvalue weighted by molar-refractivity contribution is 0.176. The summed E-state index contributed by atoms with van der Waals surface area (Å²) in [6.07, 6.45) is 5.53. The maximum atomic E-state index is 15.0. The minimum Gasteiger partial charge on any atom is -0.488 e. The number of piperidine rings is 1. The summed E-state index contributed by atoms with van der Waals surface area (Å²) in [6, 6.07) is 7.33. The molecule has 0 radical (unpaired) electrons. The number of sulfonamides is 1. The predicted octanol–water partition coefficient (Wildman–Crippen LogP) is 3.40. The zero-order valence-corrected chi connectivity index (χ0v) is 19.1. The first-order valence-electron chi connectivity index (χ1n) is 11.1. The number of halogens is 1. The van der Waals surface area contributed by atoms with Crippen LogP contribution in [0.1, 0.15) is 54.4 Å². The monoisotopic (exact) mass is 461 g/mol. The smallest absolute Gasteiger partial charge is 0.210 e. The van der Waals surface area contributed by atoms with Crippen LogP contribution in [0.5, 0.6) is 5.75 Å². The van der Waals surface area contributed by atoms with Crippen molar-refractivity contribution in [1.29, 1.82) is 0 Å². The molecule has 1 aromatic carbocycles. The van der Waals surface area contributed by atoms with Crippen LogP contribution in [-0.4, -0.2) is 45.1 Å². The maximum absolute atomic E-state index is 15.0. The summed E-state index contributed by atoms with van der Waals surface area (Å²) >= 11 is 0. The van der Waals surface area contributed by atoms with Crippen LogP contribution >= 0.6 is 0 Å². The number of benzene rings is 1. The Morgan fingerprint density at radius 1 is 1.22 bits per heavy atom. The molecule has 0 amide bonds. The van der Waals surface area contributed by atoms with Crippen molar-refractivity contribution in [3.8, 4) is 5.75 Å². The zero-order chi connectivity index (χ0) is 22.5. The fraction of sp³-hybridized carbons (Fsp3) is 0.522. The summed E-state index contributed by atoms with van der Waals surface area (Å²) < 4.78 is 52.0. The van der Waals surface area contributed by atoms with E-state index in [1.807, 2.05) is 19.2 Å². The van der Waals surface area contributed by atoms with Gasteiger partial charge in [-0.2, -0.15) is 4.72 Å². The van der Waals surface area contributed by atoms with E-state index >= 15 is 0 Å². The molecular formula is C23H28FN3O4S. The van der Waals surface area contributed by atoms with E-state index in [0.29, 0.717) is 23.8 Å². The maximum Gasteiger partial charge on any atom is 0.210 e. The van der Waals surface area contributed by atoms with Gasteiger partial charge in [0.05, 0.1) is 12.8 Å². The molecule has 2 aromatic rings. The Bertz CT molecular complexity index is 1100. The quantitative estimate of drug-likeness (QED) is 0.637. The molecule has 2 saturated heterocycles. The van der Waals surface area contributed by atoms with E-state index in [4.69, 9.17) is 9.47 Å². The van der Waals surface area contributed by atoms with Crippen molar-refractivity contribution >= 4 is 15.8 Å². The molecule has 2 unspecified atom stereocenters. The molecule has 9 heteroatoms. The lowest BCUT2D eigenvalue weighted by Crippen LogP contribution is -2.41. The van der Waals surface area contributed by atoms with Crippen LogP contribution in [-0.2, 0) is 14.8 Å². The summed E-state index contributed by atoms with van der Waals surface area (Å²) in [5.74, 6) is 1.44. The number of hydrogen-bond acceptors (Lipinski definition) is 6. The Kier molecular flexibility index (Phi) is 5.59. The van der Waals surface area contributed by atoms with Gasteiger partial charge in [-0.25, -0.2) is 17.8 Å². The Morgan fingerprint density at radius 3 is 2.72 bits per heavy atom. The topological polar surface area (TPSA) is 84.1 Å². The number of epoxide rings is 1. The summed E-state index contributed by atoms with van der Waals surface area (Å²) in [5.41, 5.74) is 2.49.